The molecule has 1 aliphatic rings. The number of hydrogen-bond acceptors (Lipinski definition) is 6. The molecule has 1 fully saturated rings. The zero-order valence-electron chi connectivity index (χ0n) is 17.1. The SMILES string of the molecule is O=C(Nc1ccc2ncoc2c1)OCCCN1CCC(C(=O)c2ccc(F)cc2)CC1. The summed E-state index contributed by atoms with van der Waals surface area (Å²) in [5, 5.41) is 2.68. The van der Waals surface area contributed by atoms with Crippen molar-refractivity contribution in [3.05, 3.63) is 60.2 Å². The quantitative estimate of drug-likeness (QED) is 0.443. The number of nitrogens with zero attached hydrogens (tertiary/aromatic N) is 2. The van der Waals surface area contributed by atoms with Gasteiger partial charge in [-0.25, -0.2) is 14.2 Å². The minimum atomic E-state index is -0.512. The molecule has 0 aliphatic carbocycles. The molecule has 0 bridgehead atoms. The number of halogens is 1. The van der Waals surface area contributed by atoms with Crippen LogP contribution in [-0.4, -0.2) is 48.0 Å². The van der Waals surface area contributed by atoms with E-state index in [2.05, 4.69) is 15.2 Å². The van der Waals surface area contributed by atoms with Crippen LogP contribution in [0.2, 0.25) is 0 Å². The number of amides is 1. The highest BCUT2D eigenvalue weighted by Gasteiger charge is 2.25. The summed E-state index contributed by atoms with van der Waals surface area (Å²) < 4.78 is 23.5. The summed E-state index contributed by atoms with van der Waals surface area (Å²) in [5.41, 5.74) is 2.48. The van der Waals surface area contributed by atoms with E-state index in [-0.39, 0.29) is 17.5 Å². The number of anilines is 1. The van der Waals surface area contributed by atoms with Gasteiger partial charge in [0.25, 0.3) is 0 Å². The lowest BCUT2D eigenvalue weighted by Gasteiger charge is -2.31. The minimum absolute atomic E-state index is 0.0227. The highest BCUT2D eigenvalue weighted by molar-refractivity contribution is 5.97. The van der Waals surface area contributed by atoms with E-state index in [1.165, 1.54) is 18.5 Å². The third-order valence-electron chi connectivity index (χ3n) is 5.52. The van der Waals surface area contributed by atoms with Gasteiger partial charge in [-0.15, -0.1) is 0 Å². The summed E-state index contributed by atoms with van der Waals surface area (Å²) in [6.07, 6.45) is 3.12. The first-order chi connectivity index (χ1) is 15.1. The molecule has 0 radical (unpaired) electrons. The average Bonchev–Trinajstić information content (AvgIpc) is 3.25. The molecular formula is C23H24FN3O4. The van der Waals surface area contributed by atoms with Crippen molar-refractivity contribution < 1.29 is 23.1 Å². The maximum absolute atomic E-state index is 13.0. The summed E-state index contributed by atoms with van der Waals surface area (Å²) in [6, 6.07) is 10.9. The molecule has 1 aliphatic heterocycles. The summed E-state index contributed by atoms with van der Waals surface area (Å²) in [5.74, 6) is -0.272. The molecule has 2 heterocycles. The number of Topliss-reactive ketones (excluding diaryl/α,β-unsaturated/α-hetero) is 1. The summed E-state index contributed by atoms with van der Waals surface area (Å²) >= 11 is 0. The van der Waals surface area contributed by atoms with Gasteiger partial charge in [-0.2, -0.15) is 0 Å². The molecule has 7 nitrogen and oxygen atoms in total. The standard InChI is InChI=1S/C23H24FN3O4/c24-18-4-2-16(3-5-18)22(28)17-8-11-27(12-9-17)10-1-13-30-23(29)26-19-6-7-20-21(14-19)31-15-25-20/h2-7,14-15,17H,1,8-13H2,(H,26,29). The zero-order valence-corrected chi connectivity index (χ0v) is 17.1. The first-order valence-corrected chi connectivity index (χ1v) is 10.4. The second-order valence-corrected chi connectivity index (χ2v) is 7.64. The van der Waals surface area contributed by atoms with Crippen molar-refractivity contribution in [2.45, 2.75) is 19.3 Å². The smallest absolute Gasteiger partial charge is 0.411 e. The highest BCUT2D eigenvalue weighted by Crippen LogP contribution is 2.22. The van der Waals surface area contributed by atoms with E-state index < -0.39 is 6.09 Å². The van der Waals surface area contributed by atoms with Crippen molar-refractivity contribution in [1.82, 2.24) is 9.88 Å². The molecule has 1 aromatic heterocycles. The summed E-state index contributed by atoms with van der Waals surface area (Å²) in [7, 11) is 0. The number of hydrogen-bond donors (Lipinski definition) is 1. The van der Waals surface area contributed by atoms with Gasteiger partial charge in [-0.3, -0.25) is 10.1 Å². The lowest BCUT2D eigenvalue weighted by atomic mass is 9.89. The van der Waals surface area contributed by atoms with Crippen LogP contribution in [0, 0.1) is 11.7 Å². The Morgan fingerprint density at radius 1 is 1.16 bits per heavy atom. The number of aromatic nitrogens is 1. The van der Waals surface area contributed by atoms with Crippen LogP contribution in [0.15, 0.2) is 53.3 Å². The Hall–Kier alpha value is -3.26. The van der Waals surface area contributed by atoms with Crippen LogP contribution in [0.3, 0.4) is 0 Å². The Morgan fingerprint density at radius 3 is 2.71 bits per heavy atom. The first kappa shape index (κ1) is 21.0. The van der Waals surface area contributed by atoms with Crippen molar-refractivity contribution >= 4 is 28.7 Å². The third-order valence-corrected chi connectivity index (χ3v) is 5.52. The van der Waals surface area contributed by atoms with Crippen molar-refractivity contribution in [2.24, 2.45) is 5.92 Å². The Labute approximate surface area is 179 Å². The Morgan fingerprint density at radius 2 is 1.94 bits per heavy atom. The molecule has 1 saturated heterocycles. The lowest BCUT2D eigenvalue weighted by Crippen LogP contribution is -2.37. The summed E-state index contributed by atoms with van der Waals surface area (Å²) in [6.45, 7) is 2.75. The number of piperidine rings is 1. The largest absolute Gasteiger partial charge is 0.449 e. The number of ether oxygens (including phenoxy) is 1. The van der Waals surface area contributed by atoms with Crippen LogP contribution in [0.5, 0.6) is 0 Å². The number of carbonyl (C=O) groups excluding carboxylic acids is 2. The van der Waals surface area contributed by atoms with Gasteiger partial charge < -0.3 is 14.1 Å². The molecule has 0 atom stereocenters. The van der Waals surface area contributed by atoms with Crippen LogP contribution < -0.4 is 5.32 Å². The molecular weight excluding hydrogens is 401 g/mol. The molecule has 0 saturated carbocycles. The maximum Gasteiger partial charge on any atom is 0.411 e. The predicted molar refractivity (Wildman–Crippen MR) is 113 cm³/mol. The van der Waals surface area contributed by atoms with Gasteiger partial charge in [0, 0.05) is 29.8 Å². The normalized spacial score (nSPS) is 15.1. The maximum atomic E-state index is 13.0. The number of benzene rings is 2. The second kappa shape index (κ2) is 9.70. The van der Waals surface area contributed by atoms with Gasteiger partial charge in [0.1, 0.15) is 11.3 Å². The molecule has 3 aromatic rings. The number of oxazole rings is 1. The fraction of sp³-hybridized carbons (Fsp3) is 0.348. The molecule has 2 aromatic carbocycles. The van der Waals surface area contributed by atoms with Crippen LogP contribution in [0.25, 0.3) is 11.1 Å². The molecule has 4 rings (SSSR count). The molecule has 0 unspecified atom stereocenters. The molecule has 8 heteroatoms. The van der Waals surface area contributed by atoms with Crippen molar-refractivity contribution in [1.29, 1.82) is 0 Å². The third kappa shape index (κ3) is 5.46. The van der Waals surface area contributed by atoms with Gasteiger partial charge in [-0.05, 0) is 68.8 Å². The van der Waals surface area contributed by atoms with Gasteiger partial charge in [0.15, 0.2) is 17.8 Å². The van der Waals surface area contributed by atoms with E-state index in [9.17, 15) is 14.0 Å². The van der Waals surface area contributed by atoms with E-state index in [0.29, 0.717) is 29.9 Å². The monoisotopic (exact) mass is 425 g/mol. The molecule has 1 amide bonds. The van der Waals surface area contributed by atoms with Crippen LogP contribution >= 0.6 is 0 Å². The van der Waals surface area contributed by atoms with Crippen LogP contribution in [-0.2, 0) is 4.74 Å². The van der Waals surface area contributed by atoms with Gasteiger partial charge in [0.05, 0.1) is 6.61 Å². The Bertz CT molecular complexity index is 1040. The Balaban J connectivity index is 1.13. The average molecular weight is 425 g/mol. The number of carbonyl (C=O) groups is 2. The lowest BCUT2D eigenvalue weighted by molar-refractivity contribution is 0.0830. The van der Waals surface area contributed by atoms with E-state index in [1.807, 2.05) is 0 Å². The second-order valence-electron chi connectivity index (χ2n) is 7.64. The van der Waals surface area contributed by atoms with E-state index in [1.54, 1.807) is 30.3 Å². The van der Waals surface area contributed by atoms with E-state index >= 15 is 0 Å². The fourth-order valence-corrected chi connectivity index (χ4v) is 3.81. The van der Waals surface area contributed by atoms with Crippen LogP contribution in [0.1, 0.15) is 29.6 Å². The fourth-order valence-electron chi connectivity index (χ4n) is 3.81. The number of nitrogens with one attached hydrogen (secondary N) is 1. The summed E-state index contributed by atoms with van der Waals surface area (Å²) in [4.78, 5) is 30.8. The number of rotatable bonds is 7. The van der Waals surface area contributed by atoms with E-state index in [0.717, 1.165) is 38.0 Å². The molecule has 31 heavy (non-hydrogen) atoms. The van der Waals surface area contributed by atoms with Gasteiger partial charge >= 0.3 is 6.09 Å². The number of fused-ring (bicyclic) bond motifs is 1. The zero-order chi connectivity index (χ0) is 21.6. The molecule has 162 valence electrons. The van der Waals surface area contributed by atoms with Crippen molar-refractivity contribution in [3.63, 3.8) is 0 Å². The van der Waals surface area contributed by atoms with Gasteiger partial charge in [0.2, 0.25) is 0 Å². The first-order valence-electron chi connectivity index (χ1n) is 10.4. The number of likely N-dealkylation sites (tertiary alicyclic amines) is 1. The number of ketones is 1. The predicted octanol–water partition coefficient (Wildman–Crippen LogP) is 4.50. The van der Waals surface area contributed by atoms with E-state index in [4.69, 9.17) is 9.15 Å². The Kier molecular flexibility index (Phi) is 6.57. The minimum Gasteiger partial charge on any atom is -0.449 e. The van der Waals surface area contributed by atoms with Crippen molar-refractivity contribution in [2.75, 3.05) is 31.6 Å². The highest BCUT2D eigenvalue weighted by atomic mass is 19.1. The van der Waals surface area contributed by atoms with Crippen LogP contribution in [0.4, 0.5) is 14.9 Å². The van der Waals surface area contributed by atoms with Gasteiger partial charge in [-0.1, -0.05) is 0 Å². The molecule has 0 spiro atoms. The van der Waals surface area contributed by atoms with Crippen molar-refractivity contribution in [3.8, 4) is 0 Å². The molecule has 1 N–H and O–H groups in total. The topological polar surface area (TPSA) is 84.7 Å².